The molecule has 3 rings (SSSR count). The number of nitrogens with zero attached hydrogens (tertiary/aromatic N) is 6. The number of aromatic nitrogens is 6. The molecule has 0 atom stereocenters. The number of amides is 1. The number of hydrogen-bond acceptors (Lipinski definition) is 8. The molecular formula is C15H18N8O2. The van der Waals surface area contributed by atoms with E-state index in [-0.39, 0.29) is 12.3 Å². The molecule has 10 nitrogen and oxygen atoms in total. The molecular weight excluding hydrogens is 324 g/mol. The van der Waals surface area contributed by atoms with Crippen molar-refractivity contribution in [2.75, 3.05) is 18.4 Å². The van der Waals surface area contributed by atoms with E-state index in [2.05, 4.69) is 35.8 Å². The summed E-state index contributed by atoms with van der Waals surface area (Å²) < 4.78 is 6.79. The van der Waals surface area contributed by atoms with Crippen molar-refractivity contribution in [2.24, 2.45) is 7.05 Å². The average molecular weight is 342 g/mol. The van der Waals surface area contributed by atoms with E-state index in [1.54, 1.807) is 36.3 Å². The second-order valence-corrected chi connectivity index (χ2v) is 5.23. The van der Waals surface area contributed by atoms with Gasteiger partial charge in [-0.2, -0.15) is 15.1 Å². The normalized spacial score (nSPS) is 10.6. The fourth-order valence-corrected chi connectivity index (χ4v) is 2.12. The molecule has 0 fully saturated rings. The summed E-state index contributed by atoms with van der Waals surface area (Å²) in [5, 5.41) is 13.7. The summed E-state index contributed by atoms with van der Waals surface area (Å²) in [4.78, 5) is 24.1. The molecule has 0 aliphatic carbocycles. The molecule has 3 heterocycles. The summed E-state index contributed by atoms with van der Waals surface area (Å²) in [5.41, 5.74) is 0.823. The molecule has 0 saturated heterocycles. The Kier molecular flexibility index (Phi) is 5.29. The molecule has 130 valence electrons. The predicted octanol–water partition coefficient (Wildman–Crippen LogP) is 0.421. The number of nitrogens with one attached hydrogen (secondary N) is 2. The molecule has 0 bridgehead atoms. The Balaban J connectivity index is 1.38. The lowest BCUT2D eigenvalue weighted by molar-refractivity contribution is -0.121. The summed E-state index contributed by atoms with van der Waals surface area (Å²) in [6, 6.07) is 3.59. The van der Waals surface area contributed by atoms with Crippen LogP contribution in [0.15, 0.2) is 35.4 Å². The third-order valence-corrected chi connectivity index (χ3v) is 3.41. The lowest BCUT2D eigenvalue weighted by Gasteiger charge is -2.06. The Morgan fingerprint density at radius 3 is 2.88 bits per heavy atom. The van der Waals surface area contributed by atoms with E-state index >= 15 is 0 Å². The highest BCUT2D eigenvalue weighted by molar-refractivity contribution is 5.76. The van der Waals surface area contributed by atoms with Crippen LogP contribution in [0.25, 0.3) is 11.4 Å². The molecule has 25 heavy (non-hydrogen) atoms. The minimum Gasteiger partial charge on any atom is -0.354 e. The van der Waals surface area contributed by atoms with Gasteiger partial charge in [-0.1, -0.05) is 5.16 Å². The van der Waals surface area contributed by atoms with Crippen LogP contribution >= 0.6 is 0 Å². The lowest BCUT2D eigenvalue weighted by atomic mass is 10.2. The van der Waals surface area contributed by atoms with Gasteiger partial charge in [0, 0.05) is 50.9 Å². The summed E-state index contributed by atoms with van der Waals surface area (Å²) in [6.45, 7) is 1.04. The molecule has 0 aliphatic heterocycles. The Labute approximate surface area is 143 Å². The highest BCUT2D eigenvalue weighted by atomic mass is 16.5. The van der Waals surface area contributed by atoms with E-state index in [9.17, 15) is 4.79 Å². The lowest BCUT2D eigenvalue weighted by Crippen LogP contribution is -2.29. The second kappa shape index (κ2) is 7.99. The zero-order valence-electron chi connectivity index (χ0n) is 13.7. The number of carbonyl (C=O) groups excluding carboxylic acids is 1. The smallest absolute Gasteiger partial charge is 0.227 e. The van der Waals surface area contributed by atoms with Gasteiger partial charge >= 0.3 is 0 Å². The maximum absolute atomic E-state index is 11.9. The number of pyridine rings is 1. The Hall–Kier alpha value is -3.30. The molecule has 0 unspecified atom stereocenters. The van der Waals surface area contributed by atoms with Crippen LogP contribution in [0.5, 0.6) is 0 Å². The van der Waals surface area contributed by atoms with Gasteiger partial charge in [-0.3, -0.25) is 9.78 Å². The predicted molar refractivity (Wildman–Crippen MR) is 88.4 cm³/mol. The monoisotopic (exact) mass is 342 g/mol. The van der Waals surface area contributed by atoms with Crippen LogP contribution < -0.4 is 10.6 Å². The topological polar surface area (TPSA) is 124 Å². The van der Waals surface area contributed by atoms with Gasteiger partial charge in [-0.15, -0.1) is 0 Å². The number of rotatable bonds is 8. The minimum atomic E-state index is -0.0802. The summed E-state index contributed by atoms with van der Waals surface area (Å²) in [6.07, 6.45) is 5.45. The molecule has 0 aromatic carbocycles. The Bertz CT molecular complexity index is 814. The largest absolute Gasteiger partial charge is 0.354 e. The molecule has 10 heteroatoms. The van der Waals surface area contributed by atoms with Crippen molar-refractivity contribution in [2.45, 2.75) is 12.8 Å². The van der Waals surface area contributed by atoms with Gasteiger partial charge in [0.1, 0.15) is 6.33 Å². The van der Waals surface area contributed by atoms with Gasteiger partial charge in [0.15, 0.2) is 0 Å². The van der Waals surface area contributed by atoms with E-state index in [0.717, 1.165) is 5.56 Å². The van der Waals surface area contributed by atoms with Gasteiger partial charge in [-0.05, 0) is 12.1 Å². The standard InChI is InChI=1S/C15H18N8O2/c1-23-15(19-10-20-23)18-9-8-17-12(24)2-3-13-21-14(22-25-13)11-4-6-16-7-5-11/h4-7,10H,2-3,8-9H2,1H3,(H,17,24)(H,18,19,20). The van der Waals surface area contributed by atoms with E-state index in [4.69, 9.17) is 4.52 Å². The van der Waals surface area contributed by atoms with Gasteiger partial charge in [0.2, 0.25) is 23.6 Å². The van der Waals surface area contributed by atoms with E-state index < -0.39 is 0 Å². The van der Waals surface area contributed by atoms with Gasteiger partial charge < -0.3 is 15.2 Å². The van der Waals surface area contributed by atoms with Gasteiger partial charge in [0.25, 0.3) is 0 Å². The van der Waals surface area contributed by atoms with E-state index in [1.807, 2.05) is 0 Å². The van der Waals surface area contributed by atoms with Crippen LogP contribution in [0, 0.1) is 0 Å². The second-order valence-electron chi connectivity index (χ2n) is 5.23. The molecule has 2 N–H and O–H groups in total. The number of hydrogen-bond donors (Lipinski definition) is 2. The summed E-state index contributed by atoms with van der Waals surface area (Å²) in [7, 11) is 1.79. The fourth-order valence-electron chi connectivity index (χ4n) is 2.12. The van der Waals surface area contributed by atoms with Crippen molar-refractivity contribution in [3.05, 3.63) is 36.7 Å². The quantitative estimate of drug-likeness (QED) is 0.565. The average Bonchev–Trinajstić information content (AvgIpc) is 3.27. The molecule has 0 saturated carbocycles. The third kappa shape index (κ3) is 4.59. The van der Waals surface area contributed by atoms with Gasteiger partial charge in [-0.25, -0.2) is 4.68 Å². The Morgan fingerprint density at radius 1 is 1.28 bits per heavy atom. The zero-order valence-corrected chi connectivity index (χ0v) is 13.7. The van der Waals surface area contributed by atoms with Crippen molar-refractivity contribution in [3.8, 4) is 11.4 Å². The van der Waals surface area contributed by atoms with Crippen LogP contribution in [0.1, 0.15) is 12.3 Å². The van der Waals surface area contributed by atoms with Crippen LogP contribution in [0.2, 0.25) is 0 Å². The molecule has 3 aromatic rings. The first-order chi connectivity index (χ1) is 12.2. The number of carbonyl (C=O) groups is 1. The van der Waals surface area contributed by atoms with Crippen molar-refractivity contribution in [3.63, 3.8) is 0 Å². The van der Waals surface area contributed by atoms with E-state index in [1.165, 1.54) is 6.33 Å². The summed E-state index contributed by atoms with van der Waals surface area (Å²) in [5.74, 6) is 1.50. The van der Waals surface area contributed by atoms with Crippen molar-refractivity contribution >= 4 is 11.9 Å². The molecule has 3 aromatic heterocycles. The van der Waals surface area contributed by atoms with Crippen LogP contribution in [-0.2, 0) is 18.3 Å². The highest BCUT2D eigenvalue weighted by Crippen LogP contribution is 2.14. The molecule has 1 amide bonds. The first-order valence-electron chi connectivity index (χ1n) is 7.80. The van der Waals surface area contributed by atoms with Crippen LogP contribution in [-0.4, -0.2) is 48.9 Å². The number of aryl methyl sites for hydroxylation is 2. The SMILES string of the molecule is Cn1ncnc1NCCNC(=O)CCc1nc(-c2ccncc2)no1. The van der Waals surface area contributed by atoms with Gasteiger partial charge in [0.05, 0.1) is 0 Å². The van der Waals surface area contributed by atoms with Crippen LogP contribution in [0.4, 0.5) is 5.95 Å². The highest BCUT2D eigenvalue weighted by Gasteiger charge is 2.10. The first kappa shape index (κ1) is 16.6. The Morgan fingerprint density at radius 2 is 2.12 bits per heavy atom. The van der Waals surface area contributed by atoms with Crippen molar-refractivity contribution in [1.82, 2.24) is 35.2 Å². The van der Waals surface area contributed by atoms with Crippen molar-refractivity contribution in [1.29, 1.82) is 0 Å². The van der Waals surface area contributed by atoms with E-state index in [0.29, 0.717) is 37.2 Å². The zero-order chi connectivity index (χ0) is 17.5. The maximum atomic E-state index is 11.9. The molecule has 0 radical (unpaired) electrons. The number of anilines is 1. The fraction of sp³-hybridized carbons (Fsp3) is 0.333. The maximum Gasteiger partial charge on any atom is 0.227 e. The molecule has 0 spiro atoms. The molecule has 0 aliphatic rings. The minimum absolute atomic E-state index is 0.0802. The van der Waals surface area contributed by atoms with Crippen molar-refractivity contribution < 1.29 is 9.32 Å². The summed E-state index contributed by atoms with van der Waals surface area (Å²) >= 11 is 0. The van der Waals surface area contributed by atoms with Crippen LogP contribution in [0.3, 0.4) is 0 Å². The first-order valence-corrected chi connectivity index (χ1v) is 7.80. The third-order valence-electron chi connectivity index (χ3n) is 3.41.